The number of Topliss-reactive ketones (excluding diaryl/α,β-unsaturated/α-hetero) is 1. The van der Waals surface area contributed by atoms with E-state index in [0.29, 0.717) is 11.8 Å². The second-order valence-electron chi connectivity index (χ2n) is 7.09. The number of nitrogens with one attached hydrogen (secondary N) is 2. The lowest BCUT2D eigenvalue weighted by Crippen LogP contribution is -2.50. The average molecular weight is 499 g/mol. The summed E-state index contributed by atoms with van der Waals surface area (Å²) in [4.78, 5) is 70.2. The van der Waals surface area contributed by atoms with Gasteiger partial charge in [0.05, 0.1) is 0 Å². The Morgan fingerprint density at radius 2 is 1.65 bits per heavy atom. The van der Waals surface area contributed by atoms with E-state index in [1.54, 1.807) is 12.1 Å². The van der Waals surface area contributed by atoms with Crippen molar-refractivity contribution in [1.29, 1.82) is 0 Å². The summed E-state index contributed by atoms with van der Waals surface area (Å²) in [6, 6.07) is 3.48. The fourth-order valence-electron chi connectivity index (χ4n) is 2.60. The summed E-state index contributed by atoms with van der Waals surface area (Å²) in [5, 5.41) is 30.1. The highest BCUT2D eigenvalue weighted by atomic mass is 32.2. The molecule has 0 aromatic heterocycles. The number of carboxylic acid groups (broad SMARTS) is 3. The van der Waals surface area contributed by atoms with Crippen molar-refractivity contribution in [2.75, 3.05) is 18.0 Å². The van der Waals surface area contributed by atoms with Crippen LogP contribution in [0.5, 0.6) is 0 Å². The Balaban J connectivity index is 2.86. The van der Waals surface area contributed by atoms with Crippen LogP contribution in [-0.2, 0) is 24.0 Å². The van der Waals surface area contributed by atoms with Gasteiger partial charge in [-0.2, -0.15) is 0 Å². The lowest BCUT2D eigenvalue weighted by molar-refractivity contribution is -0.139. The van der Waals surface area contributed by atoms with Crippen molar-refractivity contribution >= 4 is 53.0 Å². The van der Waals surface area contributed by atoms with Gasteiger partial charge in [0.1, 0.15) is 23.9 Å². The molecule has 34 heavy (non-hydrogen) atoms. The third-order valence-corrected chi connectivity index (χ3v) is 5.73. The zero-order valence-corrected chi connectivity index (χ0v) is 18.7. The van der Waals surface area contributed by atoms with Gasteiger partial charge in [-0.05, 0) is 18.6 Å². The van der Waals surface area contributed by atoms with Gasteiger partial charge in [-0.1, -0.05) is 12.1 Å². The van der Waals surface area contributed by atoms with E-state index < -0.39 is 65.8 Å². The molecule has 1 rings (SSSR count). The smallest absolute Gasteiger partial charge is 0.322 e. The van der Waals surface area contributed by atoms with Gasteiger partial charge in [-0.25, -0.2) is 0 Å². The number of hydrogen-bond acceptors (Lipinski definition) is 9. The molecule has 2 amide bonds. The van der Waals surface area contributed by atoms with E-state index in [-0.39, 0.29) is 29.8 Å². The number of rotatable bonds is 15. The van der Waals surface area contributed by atoms with Crippen molar-refractivity contribution in [3.05, 3.63) is 29.8 Å². The van der Waals surface area contributed by atoms with Gasteiger partial charge in [-0.3, -0.25) is 28.8 Å². The Morgan fingerprint density at radius 1 is 1.00 bits per heavy atom. The second-order valence-corrected chi connectivity index (χ2v) is 8.33. The highest BCUT2D eigenvalue weighted by molar-refractivity contribution is 8.00. The minimum atomic E-state index is -1.35. The van der Waals surface area contributed by atoms with Gasteiger partial charge in [0.15, 0.2) is 5.78 Å². The van der Waals surface area contributed by atoms with E-state index in [4.69, 9.17) is 21.7 Å². The second kappa shape index (κ2) is 13.8. The van der Waals surface area contributed by atoms with Gasteiger partial charge in [0.2, 0.25) is 11.8 Å². The molecule has 186 valence electrons. The number of thioether (sulfide) groups is 1. The number of carboxylic acids is 3. The van der Waals surface area contributed by atoms with Crippen molar-refractivity contribution < 1.29 is 44.1 Å². The zero-order chi connectivity index (χ0) is 25.8. The SMILES string of the molecule is Nc1ccccc1C(=O)CC(SCC(NC(=O)CC[C@H](N)C(=O)O)C(=O)NCC(=O)O)C(=O)O. The first-order valence-corrected chi connectivity index (χ1v) is 11.0. The van der Waals surface area contributed by atoms with Gasteiger partial charge < -0.3 is 37.4 Å². The highest BCUT2D eigenvalue weighted by Crippen LogP contribution is 2.21. The zero-order valence-electron chi connectivity index (χ0n) is 17.9. The van der Waals surface area contributed by atoms with Crippen LogP contribution in [0.3, 0.4) is 0 Å². The van der Waals surface area contributed by atoms with Crippen molar-refractivity contribution in [1.82, 2.24) is 10.6 Å². The molecule has 0 aliphatic heterocycles. The molecule has 0 bridgehead atoms. The molecular weight excluding hydrogens is 472 g/mol. The Labute approximate surface area is 198 Å². The minimum absolute atomic E-state index is 0.146. The predicted octanol–water partition coefficient (Wildman–Crippen LogP) is -1.09. The van der Waals surface area contributed by atoms with Crippen LogP contribution in [0.15, 0.2) is 24.3 Å². The van der Waals surface area contributed by atoms with Crippen LogP contribution in [0.25, 0.3) is 0 Å². The lowest BCUT2D eigenvalue weighted by atomic mass is 10.0. The first-order valence-electron chi connectivity index (χ1n) is 9.91. The van der Waals surface area contributed by atoms with Gasteiger partial charge in [0.25, 0.3) is 0 Å². The summed E-state index contributed by atoms with van der Waals surface area (Å²) in [6.45, 7) is -0.742. The number of hydrogen-bond donors (Lipinski definition) is 7. The molecule has 3 atom stereocenters. The number of benzene rings is 1. The lowest BCUT2D eigenvalue weighted by Gasteiger charge is -2.20. The topological polar surface area (TPSA) is 239 Å². The standard InChI is InChI=1S/C20H26N4O9S/c21-11-4-2-1-3-10(11)14(25)7-15(20(32)33)34-9-13(18(29)23-8-17(27)28)24-16(26)6-5-12(22)19(30)31/h1-4,12-13,15H,5-9,21-22H2,(H,23,29)(H,24,26)(H,27,28)(H,30,31)(H,32,33)/t12-,13?,15?/m0/s1. The number of anilines is 1. The average Bonchev–Trinajstić information content (AvgIpc) is 2.77. The normalized spacial score (nSPS) is 13.2. The molecule has 14 heteroatoms. The number of nitrogens with two attached hydrogens (primary N) is 2. The van der Waals surface area contributed by atoms with Crippen LogP contribution in [0, 0.1) is 0 Å². The van der Waals surface area contributed by atoms with Gasteiger partial charge in [-0.15, -0.1) is 11.8 Å². The van der Waals surface area contributed by atoms with Crippen LogP contribution >= 0.6 is 11.8 Å². The van der Waals surface area contributed by atoms with E-state index in [2.05, 4.69) is 10.6 Å². The molecule has 0 radical (unpaired) electrons. The molecule has 0 saturated carbocycles. The number of ketones is 1. The third kappa shape index (κ3) is 9.87. The van der Waals surface area contributed by atoms with E-state index in [0.717, 1.165) is 0 Å². The molecule has 0 aliphatic rings. The molecule has 9 N–H and O–H groups in total. The summed E-state index contributed by atoms with van der Waals surface area (Å²) < 4.78 is 0. The summed E-state index contributed by atoms with van der Waals surface area (Å²) in [7, 11) is 0. The molecule has 1 aromatic carbocycles. The predicted molar refractivity (Wildman–Crippen MR) is 121 cm³/mol. The summed E-state index contributed by atoms with van der Waals surface area (Å²) >= 11 is 0.697. The number of carbonyl (C=O) groups excluding carboxylic acids is 3. The monoisotopic (exact) mass is 498 g/mol. The van der Waals surface area contributed by atoms with E-state index >= 15 is 0 Å². The molecule has 2 unspecified atom stereocenters. The molecule has 0 aliphatic carbocycles. The summed E-state index contributed by atoms with van der Waals surface area (Å²) in [5.74, 6) is -6.47. The van der Waals surface area contributed by atoms with Crippen molar-refractivity contribution in [2.45, 2.75) is 36.6 Å². The van der Waals surface area contributed by atoms with Crippen molar-refractivity contribution in [3.8, 4) is 0 Å². The van der Waals surface area contributed by atoms with E-state index in [9.17, 15) is 33.9 Å². The van der Waals surface area contributed by atoms with Crippen LogP contribution in [0.2, 0.25) is 0 Å². The molecular formula is C20H26N4O9S. The molecule has 0 heterocycles. The third-order valence-electron chi connectivity index (χ3n) is 4.44. The first-order chi connectivity index (χ1) is 15.9. The van der Waals surface area contributed by atoms with E-state index in [1.807, 2.05) is 0 Å². The Morgan fingerprint density at radius 3 is 2.21 bits per heavy atom. The van der Waals surface area contributed by atoms with Gasteiger partial charge >= 0.3 is 17.9 Å². The fourth-order valence-corrected chi connectivity index (χ4v) is 3.68. The molecule has 1 aromatic rings. The maximum Gasteiger partial charge on any atom is 0.322 e. The Kier molecular flexibility index (Phi) is 11.5. The molecule has 0 fully saturated rings. The van der Waals surface area contributed by atoms with Crippen molar-refractivity contribution in [3.63, 3.8) is 0 Å². The number of para-hydroxylation sites is 1. The summed E-state index contributed by atoms with van der Waals surface area (Å²) in [6.07, 6.45) is -1.00. The molecule has 13 nitrogen and oxygen atoms in total. The Hall–Kier alpha value is -3.65. The van der Waals surface area contributed by atoms with Crippen LogP contribution in [0.4, 0.5) is 5.69 Å². The highest BCUT2D eigenvalue weighted by Gasteiger charge is 2.28. The number of amides is 2. The van der Waals surface area contributed by atoms with Crippen LogP contribution < -0.4 is 22.1 Å². The quantitative estimate of drug-likeness (QED) is 0.113. The number of aliphatic carboxylic acids is 3. The molecule has 0 saturated heterocycles. The summed E-state index contributed by atoms with van der Waals surface area (Å²) in [5.41, 5.74) is 11.4. The minimum Gasteiger partial charge on any atom is -0.480 e. The maximum absolute atomic E-state index is 12.5. The maximum atomic E-state index is 12.5. The van der Waals surface area contributed by atoms with Crippen molar-refractivity contribution in [2.24, 2.45) is 5.73 Å². The van der Waals surface area contributed by atoms with Crippen LogP contribution in [-0.4, -0.2) is 80.5 Å². The van der Waals surface area contributed by atoms with E-state index in [1.165, 1.54) is 12.1 Å². The fraction of sp³-hybridized carbons (Fsp3) is 0.400. The number of nitrogen functional groups attached to an aromatic ring is 1. The first kappa shape index (κ1) is 28.4. The number of carbonyl (C=O) groups is 6. The van der Waals surface area contributed by atoms with Crippen LogP contribution in [0.1, 0.15) is 29.6 Å². The molecule has 0 spiro atoms. The largest absolute Gasteiger partial charge is 0.480 e. The Bertz CT molecular complexity index is 940. The van der Waals surface area contributed by atoms with Gasteiger partial charge in [0, 0.05) is 29.8 Å².